The summed E-state index contributed by atoms with van der Waals surface area (Å²) in [6.07, 6.45) is 6.17. The van der Waals surface area contributed by atoms with E-state index >= 15 is 0 Å². The normalized spacial score (nSPS) is 14.6. The summed E-state index contributed by atoms with van der Waals surface area (Å²) in [5, 5.41) is 4.69. The Labute approximate surface area is 323 Å². The van der Waals surface area contributed by atoms with Gasteiger partial charge in [0.15, 0.2) is 17.5 Å². The summed E-state index contributed by atoms with van der Waals surface area (Å²) in [6.45, 7) is 0. The molecule has 0 saturated heterocycles. The number of aromatic nitrogens is 4. The first-order chi connectivity index (χ1) is 27.7. The van der Waals surface area contributed by atoms with Crippen molar-refractivity contribution in [2.75, 3.05) is 0 Å². The molecule has 56 heavy (non-hydrogen) atoms. The van der Waals surface area contributed by atoms with Crippen LogP contribution in [-0.2, 0) is 5.41 Å². The van der Waals surface area contributed by atoms with E-state index in [0.717, 1.165) is 44.3 Å². The second-order valence-electron chi connectivity index (χ2n) is 15.4. The predicted molar refractivity (Wildman–Crippen MR) is 227 cm³/mol. The smallest absolute Gasteiger partial charge is 0.167 e. The topological polar surface area (TPSA) is 56.7 Å². The molecular formula is C51H36N4O. The molecule has 0 unspecified atom stereocenters. The van der Waals surface area contributed by atoms with E-state index in [1.54, 1.807) is 0 Å². The average molecular weight is 721 g/mol. The predicted octanol–water partition coefficient (Wildman–Crippen LogP) is 13.1. The summed E-state index contributed by atoms with van der Waals surface area (Å²) in [6, 6.07) is 56.1. The first-order valence-electron chi connectivity index (χ1n) is 19.7. The zero-order chi connectivity index (χ0) is 36.8. The summed E-state index contributed by atoms with van der Waals surface area (Å²) >= 11 is 0. The van der Waals surface area contributed by atoms with Gasteiger partial charge in [0.25, 0.3) is 0 Å². The van der Waals surface area contributed by atoms with Crippen molar-refractivity contribution >= 4 is 43.7 Å². The highest BCUT2D eigenvalue weighted by atomic mass is 16.3. The highest BCUT2D eigenvalue weighted by Crippen LogP contribution is 2.58. The lowest BCUT2D eigenvalue weighted by Crippen LogP contribution is -2.28. The maximum Gasteiger partial charge on any atom is 0.167 e. The lowest BCUT2D eigenvalue weighted by Gasteiger charge is -2.36. The van der Waals surface area contributed by atoms with Crippen molar-refractivity contribution in [3.8, 4) is 51.0 Å². The highest BCUT2D eigenvalue weighted by molar-refractivity contribution is 6.14. The van der Waals surface area contributed by atoms with Crippen LogP contribution in [0.5, 0.6) is 0 Å². The molecule has 0 radical (unpaired) electrons. The molecule has 3 heterocycles. The minimum Gasteiger partial charge on any atom is -0.455 e. The summed E-state index contributed by atoms with van der Waals surface area (Å²) < 4.78 is 9.31. The molecule has 3 aromatic heterocycles. The van der Waals surface area contributed by atoms with Gasteiger partial charge in [0, 0.05) is 43.8 Å². The third kappa shape index (κ3) is 4.51. The molecule has 266 valence electrons. The lowest BCUT2D eigenvalue weighted by molar-refractivity contribution is 0.354. The summed E-state index contributed by atoms with van der Waals surface area (Å²) in [7, 11) is 0. The van der Waals surface area contributed by atoms with Gasteiger partial charge in [-0.2, -0.15) is 0 Å². The van der Waals surface area contributed by atoms with Crippen LogP contribution in [0.4, 0.5) is 0 Å². The van der Waals surface area contributed by atoms with Gasteiger partial charge < -0.3 is 8.98 Å². The number of para-hydroxylation sites is 2. The fourth-order valence-electron chi connectivity index (χ4n) is 10.0. The molecule has 0 aliphatic heterocycles. The summed E-state index contributed by atoms with van der Waals surface area (Å²) in [5.41, 5.74) is 13.8. The molecule has 0 atom stereocenters. The summed E-state index contributed by atoms with van der Waals surface area (Å²) in [5.74, 6) is 1.83. The van der Waals surface area contributed by atoms with Crippen LogP contribution in [-0.4, -0.2) is 19.5 Å². The number of rotatable bonds is 4. The SMILES string of the molecule is c1ccc(-c2nc(-c3ccccc3)nc(-c3cccc4c3oc3ccc(-n5c6ccccc6c6ccc7c(c65)C5(CCCCC5)c5ccccc5-7)cc34)n2)cc1. The minimum absolute atomic E-state index is 0.0128. The quantitative estimate of drug-likeness (QED) is 0.182. The molecule has 10 aromatic rings. The third-order valence-corrected chi connectivity index (χ3v) is 12.4. The molecule has 7 aromatic carbocycles. The standard InChI is InChI=1S/C51H36N4O/c1-4-15-32(16-5-1)48-52-49(33-17-6-2-7-18-33)54-50(53-48)40-22-14-21-39-41-31-34(25-28-44(41)56-47(39)40)55-43-24-11-9-20-36(43)38-27-26-37-35-19-8-10-23-42(35)51(45(37)46(38)55)29-12-3-13-30-51/h1-2,4-11,14-28,31H,3,12-13,29-30H2. The highest BCUT2D eigenvalue weighted by Gasteiger charge is 2.45. The Morgan fingerprint density at radius 3 is 1.93 bits per heavy atom. The molecule has 1 fully saturated rings. The fraction of sp³-hybridized carbons (Fsp3) is 0.118. The Balaban J connectivity index is 1.09. The zero-order valence-electron chi connectivity index (χ0n) is 30.7. The van der Waals surface area contributed by atoms with Gasteiger partial charge >= 0.3 is 0 Å². The van der Waals surface area contributed by atoms with Crippen LogP contribution < -0.4 is 0 Å². The van der Waals surface area contributed by atoms with Gasteiger partial charge in [0.1, 0.15) is 11.2 Å². The maximum absolute atomic E-state index is 6.77. The number of hydrogen-bond donors (Lipinski definition) is 0. The first-order valence-corrected chi connectivity index (χ1v) is 19.7. The van der Waals surface area contributed by atoms with E-state index < -0.39 is 0 Å². The van der Waals surface area contributed by atoms with E-state index in [-0.39, 0.29) is 5.41 Å². The average Bonchev–Trinajstić information content (AvgIpc) is 3.90. The van der Waals surface area contributed by atoms with Crippen LogP contribution >= 0.6 is 0 Å². The molecule has 0 bridgehead atoms. The third-order valence-electron chi connectivity index (χ3n) is 12.4. The molecular weight excluding hydrogens is 685 g/mol. The number of furan rings is 1. The van der Waals surface area contributed by atoms with Crippen molar-refractivity contribution in [1.82, 2.24) is 19.5 Å². The zero-order valence-corrected chi connectivity index (χ0v) is 30.7. The number of benzene rings is 7. The maximum atomic E-state index is 6.77. The molecule has 5 heteroatoms. The lowest BCUT2D eigenvalue weighted by atomic mass is 9.67. The Kier molecular flexibility index (Phi) is 6.79. The molecule has 1 spiro atoms. The molecule has 0 amide bonds. The van der Waals surface area contributed by atoms with Gasteiger partial charge in [-0.3, -0.25) is 0 Å². The van der Waals surface area contributed by atoms with Crippen LogP contribution in [0.1, 0.15) is 43.2 Å². The molecule has 0 N–H and O–H groups in total. The van der Waals surface area contributed by atoms with Crippen LogP contribution in [0.3, 0.4) is 0 Å². The number of fused-ring (bicyclic) bond motifs is 12. The fourth-order valence-corrected chi connectivity index (χ4v) is 10.0. The number of nitrogens with zero attached hydrogens (tertiary/aromatic N) is 4. The van der Waals surface area contributed by atoms with Crippen molar-refractivity contribution < 1.29 is 4.42 Å². The van der Waals surface area contributed by atoms with Gasteiger partial charge in [-0.1, -0.05) is 147 Å². The van der Waals surface area contributed by atoms with Gasteiger partial charge in [0.2, 0.25) is 0 Å². The van der Waals surface area contributed by atoms with Crippen molar-refractivity contribution in [3.05, 3.63) is 169 Å². The summed E-state index contributed by atoms with van der Waals surface area (Å²) in [4.78, 5) is 15.0. The van der Waals surface area contributed by atoms with Gasteiger partial charge in [-0.15, -0.1) is 0 Å². The molecule has 5 nitrogen and oxygen atoms in total. The van der Waals surface area contributed by atoms with E-state index in [4.69, 9.17) is 19.4 Å². The van der Waals surface area contributed by atoms with E-state index in [9.17, 15) is 0 Å². The van der Waals surface area contributed by atoms with Crippen molar-refractivity contribution in [1.29, 1.82) is 0 Å². The Bertz CT molecular complexity index is 3110. The largest absolute Gasteiger partial charge is 0.455 e. The minimum atomic E-state index is 0.0128. The first kappa shape index (κ1) is 31.5. The van der Waals surface area contributed by atoms with E-state index in [0.29, 0.717) is 17.5 Å². The van der Waals surface area contributed by atoms with Gasteiger partial charge in [-0.25, -0.2) is 15.0 Å². The van der Waals surface area contributed by atoms with Crippen molar-refractivity contribution in [2.45, 2.75) is 37.5 Å². The van der Waals surface area contributed by atoms with Gasteiger partial charge in [0.05, 0.1) is 16.6 Å². The second-order valence-corrected chi connectivity index (χ2v) is 15.4. The van der Waals surface area contributed by atoms with E-state index in [1.165, 1.54) is 76.2 Å². The van der Waals surface area contributed by atoms with Crippen LogP contribution in [0.25, 0.3) is 94.7 Å². The van der Waals surface area contributed by atoms with Crippen molar-refractivity contribution in [3.63, 3.8) is 0 Å². The van der Waals surface area contributed by atoms with Crippen LogP contribution in [0.15, 0.2) is 162 Å². The van der Waals surface area contributed by atoms with Crippen LogP contribution in [0, 0.1) is 0 Å². The monoisotopic (exact) mass is 720 g/mol. The van der Waals surface area contributed by atoms with E-state index in [2.05, 4.69) is 102 Å². The second kappa shape index (κ2) is 12.1. The van der Waals surface area contributed by atoms with Gasteiger partial charge in [-0.05, 0) is 65.4 Å². The molecule has 1 saturated carbocycles. The molecule has 12 rings (SSSR count). The molecule has 2 aliphatic rings. The number of hydrogen-bond acceptors (Lipinski definition) is 4. The molecule has 2 aliphatic carbocycles. The van der Waals surface area contributed by atoms with Crippen LogP contribution in [0.2, 0.25) is 0 Å². The Hall–Kier alpha value is -6.85. The van der Waals surface area contributed by atoms with E-state index in [1.807, 2.05) is 60.7 Å². The van der Waals surface area contributed by atoms with Crippen molar-refractivity contribution in [2.24, 2.45) is 0 Å². The Morgan fingerprint density at radius 2 is 1.14 bits per heavy atom. The Morgan fingerprint density at radius 1 is 0.482 bits per heavy atom.